The number of fused-ring (bicyclic) bond motifs is 1. The summed E-state index contributed by atoms with van der Waals surface area (Å²) in [6, 6.07) is 1.10. The maximum Gasteiger partial charge on any atom is 0.315 e. The molecule has 0 aliphatic rings. The standard InChI is InChI=1S/C8H7ClN4O5/c9-4-3-5-6(11-18-13(5)17)7(10-1-2-14)8(4)12(15)16/h3,10,14H,1-2H2. The molecular formula is C8H7ClN4O5. The number of nitro benzene ring substituents is 1. The van der Waals surface area contributed by atoms with Gasteiger partial charge in [-0.1, -0.05) is 11.6 Å². The van der Waals surface area contributed by atoms with Crippen LogP contribution in [0.2, 0.25) is 5.02 Å². The fourth-order valence-corrected chi connectivity index (χ4v) is 1.76. The number of nitrogens with zero attached hydrogens (tertiary/aromatic N) is 3. The van der Waals surface area contributed by atoms with Gasteiger partial charge in [0.1, 0.15) is 5.02 Å². The van der Waals surface area contributed by atoms with Gasteiger partial charge in [-0.05, 0) is 4.90 Å². The molecule has 0 saturated carbocycles. The van der Waals surface area contributed by atoms with Crippen molar-refractivity contribution < 1.29 is 19.6 Å². The Labute approximate surface area is 104 Å². The minimum atomic E-state index is -0.703. The summed E-state index contributed by atoms with van der Waals surface area (Å²) >= 11 is 5.75. The zero-order valence-corrected chi connectivity index (χ0v) is 9.55. The summed E-state index contributed by atoms with van der Waals surface area (Å²) in [5.74, 6) is 0. The van der Waals surface area contributed by atoms with Crippen LogP contribution in [0.4, 0.5) is 11.4 Å². The van der Waals surface area contributed by atoms with E-state index in [1.807, 2.05) is 0 Å². The highest BCUT2D eigenvalue weighted by Crippen LogP contribution is 2.37. The molecule has 2 rings (SSSR count). The highest BCUT2D eigenvalue weighted by molar-refractivity contribution is 6.34. The molecule has 2 aromatic rings. The van der Waals surface area contributed by atoms with E-state index in [0.717, 1.165) is 6.07 Å². The molecular weight excluding hydrogens is 268 g/mol. The van der Waals surface area contributed by atoms with E-state index in [-0.39, 0.29) is 39.8 Å². The number of aliphatic hydroxyl groups is 1. The Morgan fingerprint density at radius 3 is 3.00 bits per heavy atom. The lowest BCUT2D eigenvalue weighted by molar-refractivity contribution is -0.782. The molecule has 0 saturated heterocycles. The first kappa shape index (κ1) is 12.3. The lowest BCUT2D eigenvalue weighted by Crippen LogP contribution is -2.22. The minimum Gasteiger partial charge on any atom is -0.395 e. The molecule has 0 fully saturated rings. The zero-order valence-electron chi connectivity index (χ0n) is 8.79. The first-order valence-corrected chi connectivity index (χ1v) is 5.15. The van der Waals surface area contributed by atoms with Crippen LogP contribution < -0.4 is 10.2 Å². The predicted octanol–water partition coefficient (Wildman–Crippen LogP) is 0.427. The monoisotopic (exact) mass is 274 g/mol. The summed E-state index contributed by atoms with van der Waals surface area (Å²) in [7, 11) is 0. The number of rotatable bonds is 4. The highest BCUT2D eigenvalue weighted by atomic mass is 35.5. The van der Waals surface area contributed by atoms with Crippen LogP contribution in [0.1, 0.15) is 0 Å². The summed E-state index contributed by atoms with van der Waals surface area (Å²) in [5, 5.41) is 36.7. The Morgan fingerprint density at radius 2 is 2.39 bits per heavy atom. The Morgan fingerprint density at radius 1 is 1.67 bits per heavy atom. The number of aromatic nitrogens is 2. The van der Waals surface area contributed by atoms with Gasteiger partial charge in [0, 0.05) is 17.8 Å². The largest absolute Gasteiger partial charge is 0.395 e. The van der Waals surface area contributed by atoms with E-state index >= 15 is 0 Å². The van der Waals surface area contributed by atoms with Gasteiger partial charge in [-0.2, -0.15) is 0 Å². The van der Waals surface area contributed by atoms with E-state index in [1.54, 1.807) is 0 Å². The number of anilines is 1. The highest BCUT2D eigenvalue weighted by Gasteiger charge is 2.28. The lowest BCUT2D eigenvalue weighted by Gasteiger charge is -2.04. The quantitative estimate of drug-likeness (QED) is 0.470. The molecule has 0 spiro atoms. The van der Waals surface area contributed by atoms with Crippen molar-refractivity contribution >= 4 is 34.0 Å². The molecule has 0 aliphatic carbocycles. The van der Waals surface area contributed by atoms with Crippen LogP contribution in [0.3, 0.4) is 0 Å². The molecule has 1 heterocycles. The zero-order chi connectivity index (χ0) is 13.3. The van der Waals surface area contributed by atoms with Gasteiger partial charge in [0.15, 0.2) is 5.69 Å². The Hall–Kier alpha value is -2.13. The van der Waals surface area contributed by atoms with Crippen molar-refractivity contribution in [2.75, 3.05) is 18.5 Å². The third-order valence-corrected chi connectivity index (χ3v) is 2.49. The lowest BCUT2D eigenvalue weighted by atomic mass is 10.2. The average molecular weight is 275 g/mol. The number of hydrogen-bond acceptors (Lipinski definition) is 7. The summed E-state index contributed by atoms with van der Waals surface area (Å²) in [5.41, 5.74) is -0.540. The normalized spacial score (nSPS) is 10.8. The van der Waals surface area contributed by atoms with Crippen LogP contribution in [0.5, 0.6) is 0 Å². The SMILES string of the molecule is O=[N+]([O-])c1c(Cl)cc2c(no[n+]2[O-])c1NCCO. The molecule has 9 nitrogen and oxygen atoms in total. The van der Waals surface area contributed by atoms with Crippen molar-refractivity contribution in [3.8, 4) is 0 Å². The molecule has 1 aromatic heterocycles. The smallest absolute Gasteiger partial charge is 0.315 e. The number of nitrogens with one attached hydrogen (secondary N) is 1. The number of nitro groups is 1. The number of halogens is 1. The van der Waals surface area contributed by atoms with Gasteiger partial charge < -0.3 is 15.6 Å². The molecule has 10 heteroatoms. The van der Waals surface area contributed by atoms with Crippen LogP contribution in [0.25, 0.3) is 11.0 Å². The predicted molar refractivity (Wildman–Crippen MR) is 60.2 cm³/mol. The number of hydrogen-bond donors (Lipinski definition) is 2. The number of benzene rings is 1. The molecule has 96 valence electrons. The maximum atomic E-state index is 11.2. The van der Waals surface area contributed by atoms with Crippen molar-refractivity contribution in [3.05, 3.63) is 26.4 Å². The molecule has 0 bridgehead atoms. The van der Waals surface area contributed by atoms with Gasteiger partial charge in [-0.3, -0.25) is 14.7 Å². The Kier molecular flexibility index (Phi) is 3.17. The second-order valence-corrected chi connectivity index (χ2v) is 3.69. The molecule has 0 unspecified atom stereocenters. The first-order valence-electron chi connectivity index (χ1n) is 4.77. The van der Waals surface area contributed by atoms with Gasteiger partial charge in [0.2, 0.25) is 5.52 Å². The number of aliphatic hydroxyl groups excluding tert-OH is 1. The van der Waals surface area contributed by atoms with E-state index in [9.17, 15) is 15.3 Å². The molecule has 0 radical (unpaired) electrons. The summed E-state index contributed by atoms with van der Waals surface area (Å²) in [6.07, 6.45) is 0. The first-order chi connectivity index (χ1) is 8.56. The maximum absolute atomic E-state index is 11.2. The van der Waals surface area contributed by atoms with Crippen LogP contribution in [-0.2, 0) is 0 Å². The molecule has 1 aromatic carbocycles. The topological polar surface area (TPSA) is 128 Å². The van der Waals surface area contributed by atoms with Gasteiger partial charge in [0.05, 0.1) is 11.5 Å². The summed E-state index contributed by atoms with van der Waals surface area (Å²) in [6.45, 7) is -0.206. The van der Waals surface area contributed by atoms with Crippen LogP contribution >= 0.6 is 11.6 Å². The van der Waals surface area contributed by atoms with Crippen LogP contribution in [0.15, 0.2) is 10.7 Å². The van der Waals surface area contributed by atoms with Crippen molar-refractivity contribution in [3.63, 3.8) is 0 Å². The van der Waals surface area contributed by atoms with Crippen molar-refractivity contribution in [2.45, 2.75) is 0 Å². The van der Waals surface area contributed by atoms with Gasteiger partial charge in [-0.15, -0.1) is 0 Å². The Balaban J connectivity index is 2.72. The van der Waals surface area contributed by atoms with E-state index in [2.05, 4.69) is 15.1 Å². The van der Waals surface area contributed by atoms with Crippen LogP contribution in [0, 0.1) is 15.3 Å². The third kappa shape index (κ3) is 1.89. The van der Waals surface area contributed by atoms with Crippen molar-refractivity contribution in [1.82, 2.24) is 5.16 Å². The Bertz CT molecular complexity index is 613. The van der Waals surface area contributed by atoms with E-state index < -0.39 is 10.6 Å². The van der Waals surface area contributed by atoms with E-state index in [4.69, 9.17) is 16.7 Å². The second kappa shape index (κ2) is 4.63. The van der Waals surface area contributed by atoms with Gasteiger partial charge in [-0.25, -0.2) is 0 Å². The van der Waals surface area contributed by atoms with Crippen LogP contribution in [-0.4, -0.2) is 28.3 Å². The molecule has 18 heavy (non-hydrogen) atoms. The van der Waals surface area contributed by atoms with Crippen molar-refractivity contribution in [2.24, 2.45) is 0 Å². The average Bonchev–Trinajstić information content (AvgIpc) is 2.67. The van der Waals surface area contributed by atoms with Gasteiger partial charge >= 0.3 is 5.69 Å². The van der Waals surface area contributed by atoms with Crippen molar-refractivity contribution in [1.29, 1.82) is 0 Å². The summed E-state index contributed by atoms with van der Waals surface area (Å²) < 4.78 is 4.35. The third-order valence-electron chi connectivity index (χ3n) is 2.21. The molecule has 2 N–H and O–H groups in total. The van der Waals surface area contributed by atoms with E-state index in [0.29, 0.717) is 0 Å². The van der Waals surface area contributed by atoms with E-state index in [1.165, 1.54) is 0 Å². The molecule has 0 atom stereocenters. The fraction of sp³-hybridized carbons (Fsp3) is 0.250. The minimum absolute atomic E-state index is 0.0189. The summed E-state index contributed by atoms with van der Waals surface area (Å²) in [4.78, 5) is 10.3. The molecule has 0 aliphatic heterocycles. The molecule has 0 amide bonds. The fourth-order valence-electron chi connectivity index (χ4n) is 1.50. The van der Waals surface area contributed by atoms with Gasteiger partial charge in [0.25, 0.3) is 5.52 Å². The second-order valence-electron chi connectivity index (χ2n) is 3.29.